The fourth-order valence-electron chi connectivity index (χ4n) is 1.67. The van der Waals surface area contributed by atoms with Crippen LogP contribution in [0.3, 0.4) is 0 Å². The first-order chi connectivity index (χ1) is 8.00. The van der Waals surface area contributed by atoms with Crippen molar-refractivity contribution < 1.29 is 4.92 Å². The van der Waals surface area contributed by atoms with Gasteiger partial charge in [0, 0.05) is 17.7 Å². The van der Waals surface area contributed by atoms with Gasteiger partial charge in [0.15, 0.2) is 0 Å². The molecule has 1 aromatic carbocycles. The molecule has 0 saturated heterocycles. The average molecular weight is 342 g/mol. The number of halogens is 1. The molecule has 17 heavy (non-hydrogen) atoms. The Kier molecular flexibility index (Phi) is 3.14. The van der Waals surface area contributed by atoms with E-state index in [4.69, 9.17) is 0 Å². The minimum atomic E-state index is -0.394. The van der Waals surface area contributed by atoms with Crippen molar-refractivity contribution in [1.29, 1.82) is 0 Å². The van der Waals surface area contributed by atoms with Gasteiger partial charge in [0.2, 0.25) is 0 Å². The summed E-state index contributed by atoms with van der Waals surface area (Å²) in [5.41, 5.74) is 7.54. The lowest BCUT2D eigenvalue weighted by atomic mass is 9.99. The number of non-ortho nitro benzene ring substituents is 1. The third-order valence-electron chi connectivity index (χ3n) is 2.56. The average Bonchev–Trinajstić information content (AvgIpc) is 2.59. The summed E-state index contributed by atoms with van der Waals surface area (Å²) in [4.78, 5) is 10.4. The zero-order chi connectivity index (χ0) is 12.6. The number of nitro benzene ring substituents is 1. The van der Waals surface area contributed by atoms with Crippen molar-refractivity contribution in [2.24, 2.45) is 5.10 Å². The fourth-order valence-corrected chi connectivity index (χ4v) is 2.46. The maximum atomic E-state index is 10.8. The van der Waals surface area contributed by atoms with E-state index in [0.29, 0.717) is 0 Å². The summed E-state index contributed by atoms with van der Waals surface area (Å²) in [6.07, 6.45) is 0. The molecule has 1 aromatic rings. The number of hydrogen-bond acceptors (Lipinski definition) is 3. The van der Waals surface area contributed by atoms with Gasteiger partial charge in [-0.1, -0.05) is 6.07 Å². The van der Waals surface area contributed by atoms with Crippen LogP contribution < -0.4 is 5.43 Å². The Morgan fingerprint density at radius 2 is 2.06 bits per heavy atom. The van der Waals surface area contributed by atoms with Crippen molar-refractivity contribution in [3.8, 4) is 0 Å². The Hall–Kier alpha value is -1.44. The van der Waals surface area contributed by atoms with Crippen LogP contribution in [-0.2, 0) is 0 Å². The normalized spacial score (nSPS) is 14.6. The van der Waals surface area contributed by atoms with Gasteiger partial charge >= 0.3 is 0 Å². The molecule has 0 spiro atoms. The summed E-state index contributed by atoms with van der Waals surface area (Å²) >= 11 is 2.09. The summed E-state index contributed by atoms with van der Waals surface area (Å²) in [5.74, 6) is 0. The Balaban J connectivity index is 2.59. The third-order valence-corrected chi connectivity index (χ3v) is 3.31. The zero-order valence-corrected chi connectivity index (χ0v) is 11.4. The van der Waals surface area contributed by atoms with Crippen LogP contribution in [0.15, 0.2) is 29.0 Å². The van der Waals surface area contributed by atoms with E-state index in [2.05, 4.69) is 33.1 Å². The van der Waals surface area contributed by atoms with Crippen molar-refractivity contribution in [1.82, 2.24) is 5.43 Å². The van der Waals surface area contributed by atoms with Crippen molar-refractivity contribution in [3.05, 3.63) is 45.1 Å². The van der Waals surface area contributed by atoms with E-state index >= 15 is 0 Å². The second-order valence-corrected chi connectivity index (χ2v) is 4.73. The molecule has 0 aliphatic carbocycles. The van der Waals surface area contributed by atoms with Crippen molar-refractivity contribution in [2.45, 2.75) is 13.8 Å². The highest BCUT2D eigenvalue weighted by Gasteiger charge is 2.21. The van der Waals surface area contributed by atoms with E-state index in [-0.39, 0.29) is 5.69 Å². The highest BCUT2D eigenvalue weighted by Crippen LogP contribution is 2.31. The second-order valence-electron chi connectivity index (χ2n) is 3.71. The topological polar surface area (TPSA) is 69.6 Å². The van der Waals surface area contributed by atoms with Crippen LogP contribution in [0.4, 0.5) is 5.69 Å². The Labute approximate surface area is 112 Å². The van der Waals surface area contributed by atoms with Crippen LogP contribution in [-0.4, -0.2) is 8.64 Å². The summed E-state index contributed by atoms with van der Waals surface area (Å²) in [6, 6.07) is 4.82. The standard InChI is InChI=1S/C11H9IN3O2/c1-6-3-4-8(15(16)17)5-9(6)10-7(2)13-14-11(10)12/h3-5H,1-2H3. The van der Waals surface area contributed by atoms with Crippen molar-refractivity contribution >= 4 is 37.6 Å². The Bertz CT molecular complexity index is 564. The highest BCUT2D eigenvalue weighted by molar-refractivity contribution is 14.1. The van der Waals surface area contributed by atoms with Crippen LogP contribution in [0, 0.1) is 17.0 Å². The van der Waals surface area contributed by atoms with Gasteiger partial charge in [-0.05, 0) is 47.6 Å². The molecule has 0 unspecified atom stereocenters. The molecule has 1 aliphatic heterocycles. The molecular formula is C11H9IN3O2. The molecule has 0 fully saturated rings. The molecule has 0 aromatic heterocycles. The van der Waals surface area contributed by atoms with Crippen LogP contribution >= 0.6 is 22.6 Å². The largest absolute Gasteiger partial charge is 0.270 e. The first-order valence-corrected chi connectivity index (χ1v) is 5.99. The smallest absolute Gasteiger partial charge is 0.258 e. The lowest BCUT2D eigenvalue weighted by Gasteiger charge is -2.06. The molecule has 87 valence electrons. The van der Waals surface area contributed by atoms with Crippen LogP contribution in [0.1, 0.15) is 18.1 Å². The van der Waals surface area contributed by atoms with E-state index in [1.165, 1.54) is 6.07 Å². The summed E-state index contributed by atoms with van der Waals surface area (Å²) in [7, 11) is 0. The van der Waals surface area contributed by atoms with E-state index in [0.717, 1.165) is 26.1 Å². The monoisotopic (exact) mass is 342 g/mol. The van der Waals surface area contributed by atoms with Gasteiger partial charge in [0.25, 0.3) is 5.69 Å². The fraction of sp³-hybridized carbons (Fsp3) is 0.182. The lowest BCUT2D eigenvalue weighted by Crippen LogP contribution is -1.97. The van der Waals surface area contributed by atoms with E-state index in [9.17, 15) is 10.1 Å². The number of nitrogens with zero attached hydrogens (tertiary/aromatic N) is 3. The SMILES string of the molecule is CC1=C(c2cc([N+](=O)[O-])ccc2C)C(I)=N[N]1. The summed E-state index contributed by atoms with van der Waals surface area (Å²) in [5, 5.41) is 14.8. The first kappa shape index (κ1) is 12.0. The van der Waals surface area contributed by atoms with Gasteiger partial charge in [-0.2, -0.15) is 5.43 Å². The Morgan fingerprint density at radius 1 is 1.35 bits per heavy atom. The second kappa shape index (κ2) is 4.44. The predicted molar refractivity (Wildman–Crippen MR) is 74.0 cm³/mol. The van der Waals surface area contributed by atoms with E-state index in [1.54, 1.807) is 12.1 Å². The van der Waals surface area contributed by atoms with Crippen LogP contribution in [0.25, 0.3) is 5.57 Å². The summed E-state index contributed by atoms with van der Waals surface area (Å²) < 4.78 is 0.767. The van der Waals surface area contributed by atoms with Crippen molar-refractivity contribution in [2.75, 3.05) is 0 Å². The minimum absolute atomic E-state index is 0.0852. The number of hydrogen-bond donors (Lipinski definition) is 0. The predicted octanol–water partition coefficient (Wildman–Crippen LogP) is 3.00. The molecule has 0 amide bonds. The Morgan fingerprint density at radius 3 is 2.59 bits per heavy atom. The quantitative estimate of drug-likeness (QED) is 0.471. The number of aryl methyl sites for hydroxylation is 1. The van der Waals surface area contributed by atoms with Gasteiger partial charge in [-0.25, -0.2) is 0 Å². The van der Waals surface area contributed by atoms with Crippen LogP contribution in [0.5, 0.6) is 0 Å². The minimum Gasteiger partial charge on any atom is -0.258 e. The summed E-state index contributed by atoms with van der Waals surface area (Å²) in [6.45, 7) is 3.77. The maximum absolute atomic E-state index is 10.8. The molecule has 1 radical (unpaired) electrons. The van der Waals surface area contributed by atoms with Gasteiger partial charge in [-0.3, -0.25) is 10.1 Å². The molecule has 5 nitrogen and oxygen atoms in total. The highest BCUT2D eigenvalue weighted by atomic mass is 127. The molecule has 1 aliphatic rings. The van der Waals surface area contributed by atoms with Gasteiger partial charge in [0.1, 0.15) is 3.72 Å². The maximum Gasteiger partial charge on any atom is 0.270 e. The molecular weight excluding hydrogens is 333 g/mol. The molecule has 0 atom stereocenters. The molecule has 6 heteroatoms. The molecule has 0 saturated carbocycles. The van der Waals surface area contributed by atoms with E-state index in [1.807, 2.05) is 13.8 Å². The van der Waals surface area contributed by atoms with Crippen molar-refractivity contribution in [3.63, 3.8) is 0 Å². The first-order valence-electron chi connectivity index (χ1n) is 4.91. The molecule has 0 N–H and O–H groups in total. The van der Waals surface area contributed by atoms with Gasteiger partial charge in [-0.15, -0.1) is 5.10 Å². The van der Waals surface area contributed by atoms with E-state index < -0.39 is 4.92 Å². The molecule has 2 rings (SSSR count). The molecule has 1 heterocycles. The number of rotatable bonds is 2. The van der Waals surface area contributed by atoms with Gasteiger partial charge in [0.05, 0.1) is 10.6 Å². The van der Waals surface area contributed by atoms with Gasteiger partial charge < -0.3 is 0 Å². The number of benzene rings is 1. The number of nitro groups is 1. The third kappa shape index (κ3) is 2.17. The molecule has 0 bridgehead atoms. The number of allylic oxidation sites excluding steroid dienone is 2. The van der Waals surface area contributed by atoms with Crippen LogP contribution in [0.2, 0.25) is 0 Å². The lowest BCUT2D eigenvalue weighted by molar-refractivity contribution is -0.384. The zero-order valence-electron chi connectivity index (χ0n) is 9.27.